The Labute approximate surface area is 160 Å². The van der Waals surface area contributed by atoms with E-state index in [1.54, 1.807) is 6.07 Å². The fourth-order valence-electron chi connectivity index (χ4n) is 2.78. The van der Waals surface area contributed by atoms with Gasteiger partial charge in [-0.15, -0.1) is 0 Å². The van der Waals surface area contributed by atoms with Crippen LogP contribution in [0.25, 0.3) is 0 Å². The fraction of sp³-hybridized carbons (Fsp3) is 0.381. The molecule has 0 fully saturated rings. The number of rotatable bonds is 7. The van der Waals surface area contributed by atoms with Crippen molar-refractivity contribution in [1.29, 1.82) is 0 Å². The van der Waals surface area contributed by atoms with Gasteiger partial charge in [0.25, 0.3) is 0 Å². The number of hydrogen-bond donors (Lipinski definition) is 1. The van der Waals surface area contributed by atoms with Crippen molar-refractivity contribution in [2.24, 2.45) is 0 Å². The van der Waals surface area contributed by atoms with Gasteiger partial charge in [0.15, 0.2) is 11.5 Å². The smallest absolute Gasteiger partial charge is 0.241 e. The maximum absolute atomic E-state index is 12.5. The normalized spacial score (nSPS) is 13.9. The molecular formula is C21H26N2O4. The van der Waals surface area contributed by atoms with Gasteiger partial charge >= 0.3 is 0 Å². The fourth-order valence-corrected chi connectivity index (χ4v) is 2.78. The first-order valence-electron chi connectivity index (χ1n) is 9.14. The maximum Gasteiger partial charge on any atom is 0.241 e. The number of likely N-dealkylation sites (N-methyl/N-ethyl adjacent to an activating group) is 1. The highest BCUT2D eigenvalue weighted by atomic mass is 16.6. The highest BCUT2D eigenvalue weighted by Crippen LogP contribution is 2.32. The number of aryl methyl sites for hydroxylation is 1. The molecule has 1 N–H and O–H groups in total. The van der Waals surface area contributed by atoms with E-state index in [9.17, 15) is 4.79 Å². The Morgan fingerprint density at radius 3 is 2.70 bits per heavy atom. The number of benzene rings is 2. The Bertz CT molecular complexity index is 794. The van der Waals surface area contributed by atoms with Gasteiger partial charge in [-0.05, 0) is 44.7 Å². The second-order valence-electron chi connectivity index (χ2n) is 6.62. The van der Waals surface area contributed by atoms with Crippen LogP contribution < -0.4 is 19.5 Å². The molecule has 3 rings (SSSR count). The maximum atomic E-state index is 12.5. The molecule has 2 aromatic rings. The standard InChI is InChI=1S/C21H26N2O4/c1-15-6-4-5-7-18(15)25-11-10-23(3)16(2)21(24)22-17-8-9-19-20(14-17)27-13-12-26-19/h4-9,14,16H,10-13H2,1-3H3,(H,22,24)/t16-/m1/s1. The number of fused-ring (bicyclic) bond motifs is 1. The Hall–Kier alpha value is -2.73. The zero-order valence-corrected chi connectivity index (χ0v) is 16.0. The van der Waals surface area contributed by atoms with E-state index in [0.717, 1.165) is 11.3 Å². The number of ether oxygens (including phenoxy) is 3. The third-order valence-corrected chi connectivity index (χ3v) is 4.65. The van der Waals surface area contributed by atoms with Crippen molar-refractivity contribution >= 4 is 11.6 Å². The third-order valence-electron chi connectivity index (χ3n) is 4.65. The van der Waals surface area contributed by atoms with Gasteiger partial charge in [-0.2, -0.15) is 0 Å². The van der Waals surface area contributed by atoms with Crippen LogP contribution in [0.4, 0.5) is 5.69 Å². The van der Waals surface area contributed by atoms with Gasteiger partial charge < -0.3 is 19.5 Å². The van der Waals surface area contributed by atoms with Gasteiger partial charge in [0.2, 0.25) is 5.91 Å². The van der Waals surface area contributed by atoms with Gasteiger partial charge in [0.05, 0.1) is 6.04 Å². The largest absolute Gasteiger partial charge is 0.492 e. The number of amides is 1. The number of hydrogen-bond acceptors (Lipinski definition) is 5. The quantitative estimate of drug-likeness (QED) is 0.812. The molecule has 0 unspecified atom stereocenters. The molecule has 0 bridgehead atoms. The van der Waals surface area contributed by atoms with E-state index in [4.69, 9.17) is 14.2 Å². The van der Waals surface area contributed by atoms with Crippen LogP contribution in [-0.4, -0.2) is 50.3 Å². The average molecular weight is 370 g/mol. The van der Waals surface area contributed by atoms with Crippen molar-refractivity contribution in [3.05, 3.63) is 48.0 Å². The second kappa shape index (κ2) is 8.77. The minimum atomic E-state index is -0.293. The van der Waals surface area contributed by atoms with Gasteiger partial charge in [-0.1, -0.05) is 18.2 Å². The molecule has 6 heteroatoms. The molecule has 2 aromatic carbocycles. The lowest BCUT2D eigenvalue weighted by molar-refractivity contribution is -0.120. The zero-order chi connectivity index (χ0) is 19.2. The van der Waals surface area contributed by atoms with Crippen molar-refractivity contribution in [2.75, 3.05) is 38.7 Å². The van der Waals surface area contributed by atoms with E-state index < -0.39 is 0 Å². The summed E-state index contributed by atoms with van der Waals surface area (Å²) in [6, 6.07) is 13.0. The summed E-state index contributed by atoms with van der Waals surface area (Å²) < 4.78 is 16.9. The number of carbonyl (C=O) groups excluding carboxylic acids is 1. The molecule has 0 saturated carbocycles. The molecule has 0 spiro atoms. The summed E-state index contributed by atoms with van der Waals surface area (Å²) in [7, 11) is 1.91. The molecule has 144 valence electrons. The predicted octanol–water partition coefficient (Wildman–Crippen LogP) is 3.10. The average Bonchev–Trinajstić information content (AvgIpc) is 2.68. The minimum Gasteiger partial charge on any atom is -0.492 e. The minimum absolute atomic E-state index is 0.0786. The van der Waals surface area contributed by atoms with E-state index >= 15 is 0 Å². The highest BCUT2D eigenvalue weighted by Gasteiger charge is 2.19. The molecule has 27 heavy (non-hydrogen) atoms. The first-order valence-corrected chi connectivity index (χ1v) is 9.14. The topological polar surface area (TPSA) is 60.0 Å². The van der Waals surface area contributed by atoms with Crippen LogP contribution in [0.5, 0.6) is 17.2 Å². The van der Waals surface area contributed by atoms with Crippen LogP contribution in [0.2, 0.25) is 0 Å². The lowest BCUT2D eigenvalue weighted by Gasteiger charge is -2.24. The zero-order valence-electron chi connectivity index (χ0n) is 16.0. The Morgan fingerprint density at radius 1 is 1.19 bits per heavy atom. The Balaban J connectivity index is 1.50. The lowest BCUT2D eigenvalue weighted by Crippen LogP contribution is -2.41. The van der Waals surface area contributed by atoms with Gasteiger partial charge in [-0.3, -0.25) is 9.69 Å². The molecule has 0 aromatic heterocycles. The van der Waals surface area contributed by atoms with Crippen molar-refractivity contribution in [2.45, 2.75) is 19.9 Å². The Morgan fingerprint density at radius 2 is 1.93 bits per heavy atom. The van der Waals surface area contributed by atoms with Crippen LogP contribution in [0, 0.1) is 6.92 Å². The molecule has 1 atom stereocenters. The van der Waals surface area contributed by atoms with E-state index in [1.807, 2.05) is 62.2 Å². The molecule has 1 aliphatic heterocycles. The molecule has 1 aliphatic rings. The predicted molar refractivity (Wildman–Crippen MR) is 105 cm³/mol. The van der Waals surface area contributed by atoms with E-state index in [0.29, 0.717) is 43.6 Å². The van der Waals surface area contributed by atoms with Crippen LogP contribution in [-0.2, 0) is 4.79 Å². The van der Waals surface area contributed by atoms with Crippen molar-refractivity contribution in [3.63, 3.8) is 0 Å². The number of carbonyl (C=O) groups is 1. The SMILES string of the molecule is Cc1ccccc1OCCN(C)[C@H](C)C(=O)Nc1ccc2c(c1)OCCO2. The van der Waals surface area contributed by atoms with E-state index in [-0.39, 0.29) is 11.9 Å². The summed E-state index contributed by atoms with van der Waals surface area (Å²) in [6.07, 6.45) is 0. The molecule has 0 saturated heterocycles. The van der Waals surface area contributed by atoms with E-state index in [1.165, 1.54) is 0 Å². The third kappa shape index (κ3) is 4.92. The lowest BCUT2D eigenvalue weighted by atomic mass is 10.2. The molecule has 0 radical (unpaired) electrons. The van der Waals surface area contributed by atoms with Gasteiger partial charge in [-0.25, -0.2) is 0 Å². The summed E-state index contributed by atoms with van der Waals surface area (Å²) in [5.41, 5.74) is 1.80. The van der Waals surface area contributed by atoms with Crippen molar-refractivity contribution in [3.8, 4) is 17.2 Å². The summed E-state index contributed by atoms with van der Waals surface area (Å²) >= 11 is 0. The number of nitrogens with zero attached hydrogens (tertiary/aromatic N) is 1. The van der Waals surface area contributed by atoms with Crippen LogP contribution in [0.15, 0.2) is 42.5 Å². The Kier molecular flexibility index (Phi) is 6.19. The summed E-state index contributed by atoms with van der Waals surface area (Å²) in [6.45, 7) is 6.12. The van der Waals surface area contributed by atoms with Crippen LogP contribution in [0.3, 0.4) is 0 Å². The van der Waals surface area contributed by atoms with Crippen LogP contribution >= 0.6 is 0 Å². The molecule has 6 nitrogen and oxygen atoms in total. The molecule has 1 heterocycles. The van der Waals surface area contributed by atoms with Gasteiger partial charge in [0.1, 0.15) is 25.6 Å². The van der Waals surface area contributed by atoms with Crippen molar-refractivity contribution in [1.82, 2.24) is 4.90 Å². The van der Waals surface area contributed by atoms with E-state index in [2.05, 4.69) is 5.32 Å². The molecule has 1 amide bonds. The number of nitrogens with one attached hydrogen (secondary N) is 1. The second-order valence-corrected chi connectivity index (χ2v) is 6.62. The van der Waals surface area contributed by atoms with Gasteiger partial charge in [0, 0.05) is 18.3 Å². The monoisotopic (exact) mass is 370 g/mol. The highest BCUT2D eigenvalue weighted by molar-refractivity contribution is 5.94. The number of anilines is 1. The molecular weight excluding hydrogens is 344 g/mol. The molecule has 0 aliphatic carbocycles. The number of para-hydroxylation sites is 1. The summed E-state index contributed by atoms with van der Waals surface area (Å²) in [4.78, 5) is 14.5. The summed E-state index contributed by atoms with van der Waals surface area (Å²) in [5, 5.41) is 2.93. The first kappa shape index (κ1) is 19.0. The first-order chi connectivity index (χ1) is 13.0. The summed E-state index contributed by atoms with van der Waals surface area (Å²) in [5.74, 6) is 2.16. The van der Waals surface area contributed by atoms with Crippen molar-refractivity contribution < 1.29 is 19.0 Å². The van der Waals surface area contributed by atoms with Crippen LogP contribution in [0.1, 0.15) is 12.5 Å².